The molecule has 3 aromatic heterocycles. The van der Waals surface area contributed by atoms with Crippen molar-refractivity contribution in [2.45, 2.75) is 285 Å². The first kappa shape index (κ1) is 89.0. The summed E-state index contributed by atoms with van der Waals surface area (Å²) < 4.78 is 48.5. The lowest BCUT2D eigenvalue weighted by molar-refractivity contribution is 0.0536. The first-order valence-corrected chi connectivity index (χ1v) is 44.5. The number of rotatable bonds is 52. The number of aliphatic hydroxyl groups is 2. The second-order valence-electron chi connectivity index (χ2n) is 37.0. The molecule has 112 heavy (non-hydrogen) atoms. The Morgan fingerprint density at radius 2 is 0.518 bits per heavy atom. The molecule has 13 heteroatoms. The van der Waals surface area contributed by atoms with Crippen LogP contribution in [0.4, 0.5) is 0 Å². The van der Waals surface area contributed by atoms with E-state index in [1.165, 1.54) is 96.3 Å². The van der Waals surface area contributed by atoms with E-state index < -0.39 is 12.7 Å². The quantitative estimate of drug-likeness (QED) is 0.0287. The number of ether oxygens (including phenoxy) is 7. The summed E-state index contributed by atoms with van der Waals surface area (Å²) in [6.07, 6.45) is 26.1. The lowest BCUT2D eigenvalue weighted by Crippen LogP contribution is -2.21. The summed E-state index contributed by atoms with van der Waals surface area (Å²) in [5, 5.41) is 24.3. The summed E-state index contributed by atoms with van der Waals surface area (Å²) in [4.78, 5) is 19.4. The van der Waals surface area contributed by atoms with Gasteiger partial charge < -0.3 is 53.3 Å². The van der Waals surface area contributed by atoms with Crippen LogP contribution in [0.15, 0.2) is 78.9 Å². The third-order valence-electron chi connectivity index (χ3n) is 23.4. The zero-order valence-corrected chi connectivity index (χ0v) is 72.8. The number of nitrogens with one attached hydrogen (secondary N) is 2. The monoisotopic (exact) mass is 1540 g/mol. The largest absolute Gasteiger partial charge is 0.491 e. The van der Waals surface area contributed by atoms with E-state index in [-0.39, 0.29) is 6.61 Å². The highest BCUT2D eigenvalue weighted by atomic mass is 16.5. The number of aliphatic hydroxyl groups excluding tert-OH is 2. The summed E-state index contributed by atoms with van der Waals surface area (Å²) in [6, 6.07) is 27.9. The van der Waals surface area contributed by atoms with Crippen molar-refractivity contribution < 1.29 is 43.4 Å². The van der Waals surface area contributed by atoms with Crippen LogP contribution in [0, 0.1) is 71.0 Å². The minimum Gasteiger partial charge on any atom is -0.491 e. The first-order valence-electron chi connectivity index (χ1n) is 44.5. The maximum absolute atomic E-state index is 10.6. The van der Waals surface area contributed by atoms with Gasteiger partial charge in [0, 0.05) is 65.9 Å². The summed E-state index contributed by atoms with van der Waals surface area (Å²) in [5.41, 5.74) is 10.1. The molecule has 0 amide bonds. The van der Waals surface area contributed by atoms with Gasteiger partial charge in [-0.3, -0.25) is 0 Å². The SMILES string of the molecule is CC(C)CCC[C@H](C)CCOc1cc2c(cc1OCC[C@@H](C)CCCC(C)C)-c1cc3[nH]c(cc4nc(cc5[nH]c(cc-2n1)c1cc(OCC[C@@H](C)CCCC(C)C)c(OCC[C@@H](C)CCCC(C)C)cc51)-c1ccc(OC[C@@H](O)CO)cc1-4)c1cc(OCC[C@@H](C)CCCC(C)C)c(OCC[C@@H](C)CCCC(C)C)cc31. The average molecular weight is 1540 g/mol. The van der Waals surface area contributed by atoms with Crippen LogP contribution >= 0.6 is 0 Å². The molecule has 0 saturated heterocycles. The molecule has 7 atom stereocenters. The van der Waals surface area contributed by atoms with Gasteiger partial charge in [0.1, 0.15) is 18.5 Å². The maximum Gasteiger partial charge on any atom is 0.161 e. The van der Waals surface area contributed by atoms with E-state index in [1.54, 1.807) is 0 Å². The molecule has 13 nitrogen and oxygen atoms in total. The van der Waals surface area contributed by atoms with Crippen molar-refractivity contribution in [2.24, 2.45) is 71.0 Å². The van der Waals surface area contributed by atoms with Gasteiger partial charge in [-0.1, -0.05) is 240 Å². The Bertz CT molecular complexity index is 4180. The Balaban J connectivity index is 1.31. The van der Waals surface area contributed by atoms with Crippen LogP contribution in [0.5, 0.6) is 40.2 Å². The van der Waals surface area contributed by atoms with Crippen LogP contribution < -0.4 is 33.2 Å². The highest BCUT2D eigenvalue weighted by Crippen LogP contribution is 2.48. The fourth-order valence-corrected chi connectivity index (χ4v) is 15.8. The second-order valence-corrected chi connectivity index (χ2v) is 37.0. The number of nitrogens with zero attached hydrogens (tertiary/aromatic N) is 2. The molecular weight excluding hydrogens is 1390 g/mol. The van der Waals surface area contributed by atoms with E-state index in [0.717, 1.165) is 175 Å². The molecule has 0 aliphatic carbocycles. The number of fused-ring (bicyclic) bond motifs is 20. The van der Waals surface area contributed by atoms with Crippen molar-refractivity contribution in [3.05, 3.63) is 78.9 Å². The molecule has 4 aromatic carbocycles. The van der Waals surface area contributed by atoms with Gasteiger partial charge in [0.25, 0.3) is 0 Å². The molecule has 9 rings (SSSR count). The lowest BCUT2D eigenvalue weighted by atomic mass is 9.97. The number of hydrogen-bond donors (Lipinski definition) is 4. The van der Waals surface area contributed by atoms with Gasteiger partial charge in [0.05, 0.1) is 69.0 Å². The molecule has 8 bridgehead atoms. The second kappa shape index (κ2) is 44.8. The molecule has 4 N–H and O–H groups in total. The third-order valence-corrected chi connectivity index (χ3v) is 23.4. The van der Waals surface area contributed by atoms with Crippen molar-refractivity contribution >= 4 is 43.6 Å². The van der Waals surface area contributed by atoms with Gasteiger partial charge in [0.2, 0.25) is 0 Å². The molecule has 2 aliphatic rings. The fraction of sp³-hybridized carbons (Fsp3) is 0.636. The van der Waals surface area contributed by atoms with Crippen molar-refractivity contribution in [2.75, 3.05) is 52.9 Å². The number of benzene rings is 4. The Hall–Kier alpha value is -6.96. The summed E-state index contributed by atoms with van der Waals surface area (Å²) in [7, 11) is 0. The van der Waals surface area contributed by atoms with Gasteiger partial charge in [-0.15, -0.1) is 0 Å². The summed E-state index contributed by atoms with van der Waals surface area (Å²) in [6.45, 7) is 44.8. The molecule has 0 unspecified atom stereocenters. The smallest absolute Gasteiger partial charge is 0.161 e. The van der Waals surface area contributed by atoms with Gasteiger partial charge in [0.15, 0.2) is 34.5 Å². The highest BCUT2D eigenvalue weighted by molar-refractivity contribution is 6.12. The molecule has 7 aromatic rings. The Morgan fingerprint density at radius 1 is 0.277 bits per heavy atom. The predicted octanol–water partition coefficient (Wildman–Crippen LogP) is 27.4. The molecular formula is C99H148N4O9. The molecule has 0 radical (unpaired) electrons. The van der Waals surface area contributed by atoms with Gasteiger partial charge in [-0.05, 0) is 188 Å². The minimum atomic E-state index is -1.05. The van der Waals surface area contributed by atoms with E-state index in [2.05, 4.69) is 201 Å². The van der Waals surface area contributed by atoms with Gasteiger partial charge in [-0.2, -0.15) is 0 Å². The maximum atomic E-state index is 10.6. The Kier molecular flexibility index (Phi) is 35.6. The van der Waals surface area contributed by atoms with Crippen LogP contribution in [-0.2, 0) is 0 Å². The van der Waals surface area contributed by atoms with Crippen molar-refractivity contribution in [3.63, 3.8) is 0 Å². The average Bonchev–Trinajstić information content (AvgIpc) is 1.59. The minimum absolute atomic E-state index is 0.0719. The van der Waals surface area contributed by atoms with E-state index in [9.17, 15) is 10.2 Å². The Morgan fingerprint density at radius 3 is 0.768 bits per heavy atom. The Labute approximate surface area is 676 Å². The van der Waals surface area contributed by atoms with E-state index in [1.807, 2.05) is 12.1 Å². The van der Waals surface area contributed by atoms with Crippen LogP contribution in [0.25, 0.3) is 88.6 Å². The number of aromatic nitrogens is 4. The molecule has 0 spiro atoms. The summed E-state index contributed by atoms with van der Waals surface area (Å²) in [5.74, 6) is 12.0. The highest BCUT2D eigenvalue weighted by Gasteiger charge is 2.27. The van der Waals surface area contributed by atoms with Crippen molar-refractivity contribution in [1.29, 1.82) is 0 Å². The fourth-order valence-electron chi connectivity index (χ4n) is 15.8. The van der Waals surface area contributed by atoms with Crippen LogP contribution in [-0.4, -0.2) is 89.1 Å². The number of hydrogen-bond acceptors (Lipinski definition) is 11. The van der Waals surface area contributed by atoms with E-state index in [4.69, 9.17) is 43.1 Å². The third kappa shape index (κ3) is 27.6. The molecule has 618 valence electrons. The van der Waals surface area contributed by atoms with Crippen LogP contribution in [0.3, 0.4) is 0 Å². The van der Waals surface area contributed by atoms with Gasteiger partial charge >= 0.3 is 0 Å². The number of aromatic amines is 2. The molecule has 2 aliphatic heterocycles. The zero-order chi connectivity index (χ0) is 80.4. The van der Waals surface area contributed by atoms with E-state index >= 15 is 0 Å². The first-order chi connectivity index (χ1) is 53.8. The lowest BCUT2D eigenvalue weighted by Gasteiger charge is -2.18. The van der Waals surface area contributed by atoms with Gasteiger partial charge in [-0.25, -0.2) is 9.97 Å². The zero-order valence-electron chi connectivity index (χ0n) is 72.8. The summed E-state index contributed by atoms with van der Waals surface area (Å²) >= 11 is 0. The van der Waals surface area contributed by atoms with Crippen molar-refractivity contribution in [1.82, 2.24) is 19.9 Å². The molecule has 0 fully saturated rings. The standard InChI is InChI=1S/C99H148N4O9/c1-64(2)25-19-31-70(13)39-45-106-94-52-80-81(53-95(94)107-46-40-71(14)32-20-26-65(3)4)90-60-92-84-56-98(110-49-43-74(17)35-23-29-68(9)10)99(111-50-44-75(18)36-24-30-69(11)12)57-85(84)93(103-92)61-91-83-55-97(109-48-42-73(16)34-22-28-67(7)8)96(108-47-41-72(15)33-21-27-66(5)6)54-82(83)89(102-91)59-87-79-51-77(112-63-76(105)62-104)37-38-78(79)86(100-87)58-88(80)101-90/h37-38,51-61,64-76,101-102,104-105H,19-36,39-50,62-63H2,1-18H3/t70-,71-,72-,73-,74-,75-,76-/m0/s1. The predicted molar refractivity (Wildman–Crippen MR) is 471 cm³/mol. The normalized spacial score (nSPS) is 14.2. The molecule has 5 heterocycles. The van der Waals surface area contributed by atoms with Crippen LogP contribution in [0.2, 0.25) is 0 Å². The van der Waals surface area contributed by atoms with Crippen molar-refractivity contribution in [3.8, 4) is 85.3 Å². The van der Waals surface area contributed by atoms with E-state index in [0.29, 0.717) is 122 Å². The number of H-pyrrole nitrogens is 2. The van der Waals surface area contributed by atoms with Crippen LogP contribution in [0.1, 0.15) is 279 Å². The molecule has 0 saturated carbocycles. The topological polar surface area (TPSA) is 162 Å².